The summed E-state index contributed by atoms with van der Waals surface area (Å²) in [6, 6.07) is -4.33. The molecule has 0 radical (unpaired) electrons. The maximum absolute atomic E-state index is 13.5. The van der Waals surface area contributed by atoms with Crippen LogP contribution in [0.15, 0.2) is 0 Å². The van der Waals surface area contributed by atoms with Crippen molar-refractivity contribution in [2.75, 3.05) is 39.3 Å². The van der Waals surface area contributed by atoms with Crippen LogP contribution in [0.4, 0.5) is 0 Å². The average molecular weight is 479 g/mol. The van der Waals surface area contributed by atoms with Crippen LogP contribution >= 0.6 is 0 Å². The summed E-state index contributed by atoms with van der Waals surface area (Å²) in [7, 11) is 0. The molecule has 4 amide bonds. The van der Waals surface area contributed by atoms with Gasteiger partial charge >= 0.3 is 5.97 Å². The number of fused-ring (bicyclic) bond motifs is 3. The molecule has 12 heteroatoms. The molecule has 4 aliphatic heterocycles. The molecule has 0 aliphatic carbocycles. The van der Waals surface area contributed by atoms with Crippen molar-refractivity contribution < 1.29 is 28.7 Å². The highest BCUT2D eigenvalue weighted by Crippen LogP contribution is 2.26. The highest BCUT2D eigenvalue weighted by molar-refractivity contribution is 5.96. The molecular weight excluding hydrogens is 444 g/mol. The maximum atomic E-state index is 13.5. The molecular formula is C22H34N6O6. The number of nitrogens with one attached hydrogen (secondary N) is 2. The Bertz CT molecular complexity index is 867. The van der Waals surface area contributed by atoms with Crippen LogP contribution < -0.4 is 16.4 Å². The Balaban J connectivity index is 1.64. The second-order valence-electron chi connectivity index (χ2n) is 9.76. The smallest absolute Gasteiger partial charge is 0.328 e. The zero-order valence-electron chi connectivity index (χ0n) is 19.7. The van der Waals surface area contributed by atoms with Crippen LogP contribution in [-0.4, -0.2) is 114 Å². The van der Waals surface area contributed by atoms with Gasteiger partial charge in [0.05, 0.1) is 0 Å². The molecule has 4 aliphatic rings. The lowest BCUT2D eigenvalue weighted by molar-refractivity contribution is -0.157. The second-order valence-corrected chi connectivity index (χ2v) is 9.76. The normalized spacial score (nSPS) is 36.1. The van der Waals surface area contributed by atoms with E-state index in [0.29, 0.717) is 45.4 Å². The van der Waals surface area contributed by atoms with Crippen LogP contribution in [0.3, 0.4) is 0 Å². The van der Waals surface area contributed by atoms with E-state index in [0.717, 1.165) is 0 Å². The minimum absolute atomic E-state index is 0.0720. The second kappa shape index (κ2) is 9.87. The molecule has 6 atom stereocenters. The van der Waals surface area contributed by atoms with Gasteiger partial charge in [0, 0.05) is 32.7 Å². The Morgan fingerprint density at radius 2 is 1.65 bits per heavy atom. The first kappa shape index (κ1) is 24.4. The topological polar surface area (TPSA) is 154 Å². The van der Waals surface area contributed by atoms with Crippen molar-refractivity contribution in [2.24, 2.45) is 11.7 Å². The van der Waals surface area contributed by atoms with Gasteiger partial charge in [-0.05, 0) is 32.1 Å². The van der Waals surface area contributed by atoms with Gasteiger partial charge in [0.15, 0.2) is 0 Å². The quantitative estimate of drug-likeness (QED) is 0.320. The lowest BCUT2D eigenvalue weighted by Crippen LogP contribution is -2.64. The number of carbonyl (C=O) groups is 5. The molecule has 0 unspecified atom stereocenters. The van der Waals surface area contributed by atoms with Gasteiger partial charge in [-0.3, -0.25) is 19.2 Å². The van der Waals surface area contributed by atoms with Crippen molar-refractivity contribution in [1.29, 1.82) is 0 Å². The first-order chi connectivity index (χ1) is 16.2. The van der Waals surface area contributed by atoms with E-state index in [1.54, 1.807) is 6.92 Å². The van der Waals surface area contributed by atoms with Crippen molar-refractivity contribution in [3.63, 3.8) is 0 Å². The highest BCUT2D eigenvalue weighted by atomic mass is 16.5. The standard InChI is InChI=1S/C22H34N6O6/c1-12-8-16-22(33)34-11-14(23)20(31)26-6-3-4-15(26)21(32)27-7-5-24-9-17(27)18(29)25-13(2)19(30)28(16)10-12/h12-17,24H,3-11,23H2,1-2H3,(H,25,29)/t12-,13+,14+,15+,16+,17+/m1/s1. The Morgan fingerprint density at radius 3 is 2.41 bits per heavy atom. The monoisotopic (exact) mass is 478 g/mol. The van der Waals surface area contributed by atoms with E-state index in [-0.39, 0.29) is 25.0 Å². The van der Waals surface area contributed by atoms with Gasteiger partial charge in [0.25, 0.3) is 0 Å². The lowest BCUT2D eigenvalue weighted by atomic mass is 10.1. The lowest BCUT2D eigenvalue weighted by Gasteiger charge is -2.39. The number of amides is 4. The molecule has 4 N–H and O–H groups in total. The van der Waals surface area contributed by atoms with Crippen LogP contribution in [0.5, 0.6) is 0 Å². The zero-order valence-corrected chi connectivity index (χ0v) is 19.7. The van der Waals surface area contributed by atoms with Crippen molar-refractivity contribution in [1.82, 2.24) is 25.3 Å². The van der Waals surface area contributed by atoms with E-state index in [1.165, 1.54) is 14.7 Å². The molecule has 0 bridgehead atoms. The molecule has 0 spiro atoms. The third-order valence-corrected chi connectivity index (χ3v) is 7.17. The highest BCUT2D eigenvalue weighted by Gasteiger charge is 2.45. The fraction of sp³-hybridized carbons (Fsp3) is 0.773. The maximum Gasteiger partial charge on any atom is 0.328 e. The number of ether oxygens (including phenoxy) is 1. The van der Waals surface area contributed by atoms with Crippen LogP contribution in [-0.2, 0) is 28.7 Å². The fourth-order valence-corrected chi connectivity index (χ4v) is 5.37. The molecule has 0 aromatic carbocycles. The van der Waals surface area contributed by atoms with Gasteiger partial charge in [-0.25, -0.2) is 4.79 Å². The summed E-state index contributed by atoms with van der Waals surface area (Å²) in [5.74, 6) is -2.17. The molecule has 4 heterocycles. The van der Waals surface area contributed by atoms with Crippen LogP contribution in [0.25, 0.3) is 0 Å². The van der Waals surface area contributed by atoms with Crippen molar-refractivity contribution in [3.8, 4) is 0 Å². The van der Waals surface area contributed by atoms with Crippen molar-refractivity contribution in [3.05, 3.63) is 0 Å². The predicted molar refractivity (Wildman–Crippen MR) is 119 cm³/mol. The average Bonchev–Trinajstić information content (AvgIpc) is 3.47. The molecule has 4 saturated heterocycles. The third-order valence-electron chi connectivity index (χ3n) is 7.17. The Labute approximate surface area is 198 Å². The Hall–Kier alpha value is -2.73. The summed E-state index contributed by atoms with van der Waals surface area (Å²) in [5, 5.41) is 5.86. The van der Waals surface area contributed by atoms with Crippen molar-refractivity contribution in [2.45, 2.75) is 63.3 Å². The van der Waals surface area contributed by atoms with E-state index in [4.69, 9.17) is 10.5 Å². The summed E-state index contributed by atoms with van der Waals surface area (Å²) in [5.41, 5.74) is 6.07. The van der Waals surface area contributed by atoms with Crippen LogP contribution in [0.2, 0.25) is 0 Å². The number of cyclic esters (lactones) is 1. The van der Waals surface area contributed by atoms with Gasteiger partial charge in [0.1, 0.15) is 36.8 Å². The minimum Gasteiger partial charge on any atom is -0.462 e. The van der Waals surface area contributed by atoms with E-state index in [1.807, 2.05) is 6.92 Å². The van der Waals surface area contributed by atoms with E-state index >= 15 is 0 Å². The third kappa shape index (κ3) is 4.61. The predicted octanol–water partition coefficient (Wildman–Crippen LogP) is -2.60. The van der Waals surface area contributed by atoms with Gasteiger partial charge in [0.2, 0.25) is 23.6 Å². The molecule has 34 heavy (non-hydrogen) atoms. The number of piperazine rings is 1. The molecule has 4 rings (SSSR count). The van der Waals surface area contributed by atoms with Crippen molar-refractivity contribution >= 4 is 29.6 Å². The van der Waals surface area contributed by atoms with E-state index < -0.39 is 53.9 Å². The first-order valence-corrected chi connectivity index (χ1v) is 12.0. The summed E-state index contributed by atoms with van der Waals surface area (Å²) in [4.78, 5) is 70.0. The first-order valence-electron chi connectivity index (χ1n) is 12.0. The summed E-state index contributed by atoms with van der Waals surface area (Å²) in [6.45, 7) is 4.98. The van der Waals surface area contributed by atoms with Gasteiger partial charge in [-0.15, -0.1) is 0 Å². The molecule has 0 aromatic rings. The largest absolute Gasteiger partial charge is 0.462 e. The number of nitrogens with two attached hydrogens (primary N) is 1. The SMILES string of the molecule is C[C@@H]1C[C@H]2C(=O)OC[C@H](N)C(=O)N3CCC[C@H]3C(=O)N3CCNC[C@H]3C(=O)N[C@@H](C)C(=O)N2C1. The zero-order chi connectivity index (χ0) is 24.6. The number of esters is 1. The van der Waals surface area contributed by atoms with E-state index in [9.17, 15) is 24.0 Å². The molecule has 0 saturated carbocycles. The Kier molecular flexibility index (Phi) is 7.08. The Morgan fingerprint density at radius 1 is 0.912 bits per heavy atom. The molecule has 12 nitrogen and oxygen atoms in total. The van der Waals surface area contributed by atoms with Crippen LogP contribution in [0, 0.1) is 5.92 Å². The van der Waals surface area contributed by atoms with Gasteiger partial charge in [-0.2, -0.15) is 0 Å². The summed E-state index contributed by atoms with van der Waals surface area (Å²) in [6.07, 6.45) is 1.54. The number of hydrogen-bond donors (Lipinski definition) is 3. The summed E-state index contributed by atoms with van der Waals surface area (Å²) >= 11 is 0. The number of nitrogens with zero attached hydrogens (tertiary/aromatic N) is 3. The molecule has 188 valence electrons. The number of carbonyl (C=O) groups excluding carboxylic acids is 5. The van der Waals surface area contributed by atoms with E-state index in [2.05, 4.69) is 10.6 Å². The molecule has 4 fully saturated rings. The number of hydrogen-bond acceptors (Lipinski definition) is 8. The fourth-order valence-electron chi connectivity index (χ4n) is 5.37. The minimum atomic E-state index is -1.12. The number of rotatable bonds is 0. The van der Waals surface area contributed by atoms with Gasteiger partial charge in [-0.1, -0.05) is 6.92 Å². The molecule has 0 aromatic heterocycles. The van der Waals surface area contributed by atoms with Gasteiger partial charge < -0.3 is 35.8 Å². The van der Waals surface area contributed by atoms with Crippen LogP contribution in [0.1, 0.15) is 33.1 Å². The summed E-state index contributed by atoms with van der Waals surface area (Å²) < 4.78 is 5.36.